The van der Waals surface area contributed by atoms with E-state index in [2.05, 4.69) is 15.5 Å². The molecule has 1 N–H and O–H groups in total. The third-order valence-corrected chi connectivity index (χ3v) is 5.43. The first-order valence-electron chi connectivity index (χ1n) is 9.09. The Hall–Kier alpha value is -3.17. The molecule has 0 radical (unpaired) electrons. The second-order valence-corrected chi connectivity index (χ2v) is 7.82. The molecule has 2 heterocycles. The van der Waals surface area contributed by atoms with E-state index in [0.717, 1.165) is 23.4 Å². The highest BCUT2D eigenvalue weighted by Crippen LogP contribution is 2.27. The number of carbonyl (C=O) groups is 1. The van der Waals surface area contributed by atoms with E-state index in [1.54, 1.807) is 35.1 Å². The summed E-state index contributed by atoms with van der Waals surface area (Å²) in [5, 5.41) is 11.9. The van der Waals surface area contributed by atoms with Crippen LogP contribution in [0, 0.1) is 11.6 Å². The molecule has 158 valence electrons. The second-order valence-electron chi connectivity index (χ2n) is 6.44. The van der Waals surface area contributed by atoms with Crippen LogP contribution < -0.4 is 5.32 Å². The molecule has 0 spiro atoms. The van der Waals surface area contributed by atoms with Gasteiger partial charge in [-0.15, -0.1) is 10.2 Å². The van der Waals surface area contributed by atoms with Crippen molar-refractivity contribution in [3.8, 4) is 11.4 Å². The van der Waals surface area contributed by atoms with Crippen LogP contribution >= 0.6 is 23.4 Å². The molecule has 4 rings (SSSR count). The Morgan fingerprint density at radius 3 is 2.74 bits per heavy atom. The highest BCUT2D eigenvalue weighted by atomic mass is 35.5. The van der Waals surface area contributed by atoms with Gasteiger partial charge in [0.25, 0.3) is 0 Å². The molecule has 6 nitrogen and oxygen atoms in total. The van der Waals surface area contributed by atoms with Crippen LogP contribution in [0.3, 0.4) is 0 Å². The number of halogens is 3. The van der Waals surface area contributed by atoms with Crippen molar-refractivity contribution in [3.63, 3.8) is 0 Å². The topological polar surface area (TPSA) is 73.0 Å². The van der Waals surface area contributed by atoms with Crippen molar-refractivity contribution in [1.82, 2.24) is 14.8 Å². The number of furan rings is 1. The van der Waals surface area contributed by atoms with Gasteiger partial charge in [-0.3, -0.25) is 9.36 Å². The fourth-order valence-corrected chi connectivity index (χ4v) is 3.77. The van der Waals surface area contributed by atoms with Crippen LogP contribution in [0.5, 0.6) is 0 Å². The minimum atomic E-state index is -0.845. The Balaban J connectivity index is 1.54. The molecule has 4 aromatic rings. The van der Waals surface area contributed by atoms with Gasteiger partial charge in [0.05, 0.1) is 24.2 Å². The predicted octanol–water partition coefficient (Wildman–Crippen LogP) is 5.25. The predicted molar refractivity (Wildman–Crippen MR) is 114 cm³/mol. The van der Waals surface area contributed by atoms with Crippen LogP contribution in [-0.4, -0.2) is 26.4 Å². The Morgan fingerprint density at radius 2 is 2.00 bits per heavy atom. The van der Waals surface area contributed by atoms with E-state index in [-0.39, 0.29) is 11.4 Å². The number of hydrogen-bond donors (Lipinski definition) is 1. The van der Waals surface area contributed by atoms with Gasteiger partial charge in [0.1, 0.15) is 17.4 Å². The second kappa shape index (κ2) is 9.32. The van der Waals surface area contributed by atoms with Crippen LogP contribution in [0.4, 0.5) is 14.5 Å². The summed E-state index contributed by atoms with van der Waals surface area (Å²) in [5.74, 6) is -0.837. The van der Waals surface area contributed by atoms with Crippen molar-refractivity contribution in [2.75, 3.05) is 11.1 Å². The fraction of sp³-hybridized carbons (Fsp3) is 0.0952. The van der Waals surface area contributed by atoms with E-state index in [0.29, 0.717) is 34.4 Å². The van der Waals surface area contributed by atoms with Gasteiger partial charge in [-0.25, -0.2) is 8.78 Å². The normalized spacial score (nSPS) is 10.9. The van der Waals surface area contributed by atoms with Gasteiger partial charge < -0.3 is 9.73 Å². The van der Waals surface area contributed by atoms with Gasteiger partial charge in [0.15, 0.2) is 11.0 Å². The SMILES string of the molecule is O=C(CSc1nnc(-c2cccc(Cl)c2)n1Cc1ccco1)Nc1ccc(F)cc1F. The zero-order valence-electron chi connectivity index (χ0n) is 15.9. The average molecular weight is 461 g/mol. The van der Waals surface area contributed by atoms with Gasteiger partial charge in [-0.2, -0.15) is 0 Å². The quantitative estimate of drug-likeness (QED) is 0.381. The fourth-order valence-electron chi connectivity index (χ4n) is 2.84. The van der Waals surface area contributed by atoms with Crippen molar-refractivity contribution >= 4 is 35.0 Å². The molecule has 0 aliphatic heterocycles. The number of amides is 1. The number of carbonyl (C=O) groups excluding carboxylic acids is 1. The number of nitrogens with zero attached hydrogens (tertiary/aromatic N) is 3. The van der Waals surface area contributed by atoms with Gasteiger partial charge in [0, 0.05) is 16.7 Å². The van der Waals surface area contributed by atoms with Crippen molar-refractivity contribution in [2.45, 2.75) is 11.7 Å². The molecule has 31 heavy (non-hydrogen) atoms. The Kier molecular flexibility index (Phi) is 6.34. The lowest BCUT2D eigenvalue weighted by molar-refractivity contribution is -0.113. The first kappa shape index (κ1) is 21.1. The number of anilines is 1. The molecule has 0 fully saturated rings. The minimum Gasteiger partial charge on any atom is -0.467 e. The van der Waals surface area contributed by atoms with Gasteiger partial charge >= 0.3 is 0 Å². The van der Waals surface area contributed by atoms with E-state index < -0.39 is 17.5 Å². The van der Waals surface area contributed by atoms with Crippen molar-refractivity contribution in [2.24, 2.45) is 0 Å². The highest BCUT2D eigenvalue weighted by molar-refractivity contribution is 7.99. The first-order valence-corrected chi connectivity index (χ1v) is 10.4. The monoisotopic (exact) mass is 460 g/mol. The zero-order valence-corrected chi connectivity index (χ0v) is 17.5. The highest BCUT2D eigenvalue weighted by Gasteiger charge is 2.18. The summed E-state index contributed by atoms with van der Waals surface area (Å²) in [6.45, 7) is 0.346. The maximum atomic E-state index is 13.8. The molecule has 2 aromatic heterocycles. The molecule has 0 saturated carbocycles. The Morgan fingerprint density at radius 1 is 1.13 bits per heavy atom. The van der Waals surface area contributed by atoms with Gasteiger partial charge in [-0.05, 0) is 36.4 Å². The molecule has 0 aliphatic carbocycles. The minimum absolute atomic E-state index is 0.0529. The Labute approximate surface area is 185 Å². The van der Waals surface area contributed by atoms with Crippen molar-refractivity contribution in [1.29, 1.82) is 0 Å². The van der Waals surface area contributed by atoms with E-state index in [1.807, 2.05) is 12.1 Å². The third-order valence-electron chi connectivity index (χ3n) is 4.23. The molecular weight excluding hydrogens is 446 g/mol. The molecule has 2 aromatic carbocycles. The standard InChI is InChI=1S/C21H15ClF2N4O2S/c22-14-4-1-3-13(9-14)20-26-27-21(28(20)11-16-5-2-8-30-16)31-12-19(29)25-18-7-6-15(23)10-17(18)24/h1-10H,11-12H2,(H,25,29). The smallest absolute Gasteiger partial charge is 0.234 e. The van der Waals surface area contributed by atoms with E-state index in [4.69, 9.17) is 16.0 Å². The summed E-state index contributed by atoms with van der Waals surface area (Å²) in [5.41, 5.74) is 0.667. The average Bonchev–Trinajstić information content (AvgIpc) is 3.39. The largest absolute Gasteiger partial charge is 0.467 e. The van der Waals surface area contributed by atoms with Crippen LogP contribution in [-0.2, 0) is 11.3 Å². The molecule has 0 atom stereocenters. The lowest BCUT2D eigenvalue weighted by Gasteiger charge is -2.10. The third kappa shape index (κ3) is 5.12. The molecule has 0 aliphatic rings. The summed E-state index contributed by atoms with van der Waals surface area (Å²) < 4.78 is 34.0. The van der Waals surface area contributed by atoms with Crippen molar-refractivity contribution < 1.29 is 18.0 Å². The van der Waals surface area contributed by atoms with Crippen molar-refractivity contribution in [3.05, 3.63) is 83.3 Å². The van der Waals surface area contributed by atoms with E-state index in [1.165, 1.54) is 6.07 Å². The molecule has 0 unspecified atom stereocenters. The van der Waals surface area contributed by atoms with Crippen LogP contribution in [0.25, 0.3) is 11.4 Å². The zero-order chi connectivity index (χ0) is 21.8. The maximum absolute atomic E-state index is 13.8. The van der Waals surface area contributed by atoms with Gasteiger partial charge in [-0.1, -0.05) is 35.5 Å². The summed E-state index contributed by atoms with van der Waals surface area (Å²) >= 11 is 7.24. The number of nitrogens with one attached hydrogen (secondary N) is 1. The molecule has 0 saturated heterocycles. The first-order chi connectivity index (χ1) is 15.0. The summed E-state index contributed by atoms with van der Waals surface area (Å²) in [6.07, 6.45) is 1.57. The number of hydrogen-bond acceptors (Lipinski definition) is 5. The summed E-state index contributed by atoms with van der Waals surface area (Å²) in [7, 11) is 0. The molecule has 10 heteroatoms. The van der Waals surface area contributed by atoms with Crippen LogP contribution in [0.1, 0.15) is 5.76 Å². The number of aromatic nitrogens is 3. The Bertz CT molecular complexity index is 1210. The lowest BCUT2D eigenvalue weighted by Crippen LogP contribution is -2.16. The van der Waals surface area contributed by atoms with Crippen LogP contribution in [0.2, 0.25) is 5.02 Å². The molecular formula is C21H15ClF2N4O2S. The van der Waals surface area contributed by atoms with E-state index in [9.17, 15) is 13.6 Å². The summed E-state index contributed by atoms with van der Waals surface area (Å²) in [6, 6.07) is 13.7. The number of thioether (sulfide) groups is 1. The number of benzene rings is 2. The van der Waals surface area contributed by atoms with Gasteiger partial charge in [0.2, 0.25) is 5.91 Å². The molecule has 0 bridgehead atoms. The lowest BCUT2D eigenvalue weighted by atomic mass is 10.2. The number of rotatable bonds is 7. The van der Waals surface area contributed by atoms with E-state index >= 15 is 0 Å². The summed E-state index contributed by atoms with van der Waals surface area (Å²) in [4.78, 5) is 12.3. The molecule has 1 amide bonds. The maximum Gasteiger partial charge on any atom is 0.234 e. The van der Waals surface area contributed by atoms with Crippen LogP contribution in [0.15, 0.2) is 70.4 Å².